The van der Waals surface area contributed by atoms with Crippen LogP contribution in [-0.2, 0) is 9.47 Å². The number of benzene rings is 1. The quantitative estimate of drug-likeness (QED) is 0.423. The maximum absolute atomic E-state index is 12.8. The van der Waals surface area contributed by atoms with Crippen LogP contribution < -0.4 is 4.90 Å². The molecule has 3 aromatic heterocycles. The number of rotatable bonds is 5. The van der Waals surface area contributed by atoms with Crippen molar-refractivity contribution in [2.45, 2.75) is 20.8 Å². The van der Waals surface area contributed by atoms with Crippen molar-refractivity contribution in [1.82, 2.24) is 14.8 Å². The fourth-order valence-corrected chi connectivity index (χ4v) is 4.11. The lowest BCUT2D eigenvalue weighted by Crippen LogP contribution is -2.36. The van der Waals surface area contributed by atoms with Gasteiger partial charge < -0.3 is 18.8 Å². The molecule has 33 heavy (non-hydrogen) atoms. The molecule has 0 unspecified atom stereocenters. The zero-order valence-corrected chi connectivity index (χ0v) is 19.0. The minimum Gasteiger partial charge on any atom is -0.461 e. The smallest absolute Gasteiger partial charge is 0.357 e. The van der Waals surface area contributed by atoms with Gasteiger partial charge in [0.15, 0.2) is 17.1 Å². The molecule has 1 fully saturated rings. The van der Waals surface area contributed by atoms with Gasteiger partial charge in [-0.1, -0.05) is 23.8 Å². The molecule has 0 saturated carbocycles. The average molecular weight is 447 g/mol. The monoisotopic (exact) mass is 446 g/mol. The van der Waals surface area contributed by atoms with Crippen molar-refractivity contribution in [3.63, 3.8) is 0 Å². The molecule has 1 aliphatic heterocycles. The number of carbonyl (C=O) groups excluding carboxylic acids is 1. The molecule has 1 aliphatic rings. The summed E-state index contributed by atoms with van der Waals surface area (Å²) < 4.78 is 18.4. The van der Waals surface area contributed by atoms with Crippen LogP contribution in [0.4, 0.5) is 5.69 Å². The zero-order valence-electron chi connectivity index (χ0n) is 19.0. The summed E-state index contributed by atoms with van der Waals surface area (Å²) in [4.78, 5) is 19.9. The molecule has 4 heterocycles. The van der Waals surface area contributed by atoms with Gasteiger partial charge in [0, 0.05) is 30.8 Å². The van der Waals surface area contributed by atoms with Crippen molar-refractivity contribution in [3.8, 4) is 17.1 Å². The lowest BCUT2D eigenvalue weighted by atomic mass is 10.1. The number of aryl methyl sites for hydroxylation is 2. The van der Waals surface area contributed by atoms with E-state index in [1.165, 1.54) is 0 Å². The molecule has 1 aromatic carbocycles. The Kier molecular flexibility index (Phi) is 5.60. The van der Waals surface area contributed by atoms with Gasteiger partial charge in [-0.15, -0.1) is 0 Å². The van der Waals surface area contributed by atoms with E-state index >= 15 is 0 Å². The first-order chi connectivity index (χ1) is 16.0. The topological polar surface area (TPSA) is 82.6 Å². The predicted molar refractivity (Wildman–Crippen MR) is 125 cm³/mol. The molecular weight excluding hydrogens is 420 g/mol. The third-order valence-corrected chi connectivity index (χ3v) is 5.65. The number of fused-ring (bicyclic) bond motifs is 1. The molecule has 0 amide bonds. The summed E-state index contributed by atoms with van der Waals surface area (Å²) in [5.41, 5.74) is 5.40. The van der Waals surface area contributed by atoms with Gasteiger partial charge in [0.25, 0.3) is 0 Å². The predicted octanol–water partition coefficient (Wildman–Crippen LogP) is 4.31. The molecule has 0 aliphatic carbocycles. The van der Waals surface area contributed by atoms with Crippen LogP contribution in [0.1, 0.15) is 28.7 Å². The molecule has 0 N–H and O–H groups in total. The number of morpholine rings is 1. The minimum absolute atomic E-state index is 0.274. The Bertz CT molecular complexity index is 1320. The van der Waals surface area contributed by atoms with E-state index in [1.54, 1.807) is 17.7 Å². The van der Waals surface area contributed by atoms with Crippen molar-refractivity contribution < 1.29 is 18.7 Å². The van der Waals surface area contributed by atoms with E-state index in [9.17, 15) is 4.79 Å². The number of hydrogen-bond donors (Lipinski definition) is 0. The summed E-state index contributed by atoms with van der Waals surface area (Å²) >= 11 is 0. The summed E-state index contributed by atoms with van der Waals surface area (Å²) in [6, 6.07) is 13.6. The molecule has 0 radical (unpaired) electrons. The SMILES string of the molecule is CCOC(=O)c1cc(-c2cccc(C)c2)nn1-c1cc(N2CCOCC2)c2oc(C)cc2n1. The van der Waals surface area contributed by atoms with Gasteiger partial charge in [-0.25, -0.2) is 14.5 Å². The van der Waals surface area contributed by atoms with Gasteiger partial charge in [-0.2, -0.15) is 5.10 Å². The molecule has 8 heteroatoms. The Morgan fingerprint density at radius 1 is 1.12 bits per heavy atom. The number of aromatic nitrogens is 3. The van der Waals surface area contributed by atoms with Crippen LogP contribution >= 0.6 is 0 Å². The van der Waals surface area contributed by atoms with E-state index in [2.05, 4.69) is 4.90 Å². The molecule has 1 saturated heterocycles. The normalized spacial score (nSPS) is 14.1. The molecule has 0 bridgehead atoms. The number of carbonyl (C=O) groups is 1. The lowest BCUT2D eigenvalue weighted by molar-refractivity contribution is 0.0515. The Morgan fingerprint density at radius 2 is 1.94 bits per heavy atom. The van der Waals surface area contributed by atoms with Crippen molar-refractivity contribution in [2.75, 3.05) is 37.8 Å². The van der Waals surface area contributed by atoms with Crippen LogP contribution in [0.25, 0.3) is 28.2 Å². The van der Waals surface area contributed by atoms with Crippen LogP contribution in [0.15, 0.2) is 46.9 Å². The second kappa shape index (κ2) is 8.71. The number of hydrogen-bond acceptors (Lipinski definition) is 7. The lowest BCUT2D eigenvalue weighted by Gasteiger charge is -2.29. The van der Waals surface area contributed by atoms with Crippen LogP contribution in [0.3, 0.4) is 0 Å². The first kappa shape index (κ1) is 21.2. The number of ether oxygens (including phenoxy) is 2. The maximum atomic E-state index is 12.8. The van der Waals surface area contributed by atoms with Crippen LogP contribution in [0.2, 0.25) is 0 Å². The maximum Gasteiger partial charge on any atom is 0.357 e. The van der Waals surface area contributed by atoms with Gasteiger partial charge in [0.1, 0.15) is 11.3 Å². The highest BCUT2D eigenvalue weighted by molar-refractivity contribution is 5.91. The molecule has 0 atom stereocenters. The largest absolute Gasteiger partial charge is 0.461 e. The molecule has 170 valence electrons. The van der Waals surface area contributed by atoms with E-state index in [1.807, 2.05) is 50.2 Å². The van der Waals surface area contributed by atoms with Crippen LogP contribution in [-0.4, -0.2) is 53.6 Å². The van der Waals surface area contributed by atoms with Crippen LogP contribution in [0.5, 0.6) is 0 Å². The van der Waals surface area contributed by atoms with Crippen molar-refractivity contribution in [3.05, 3.63) is 59.5 Å². The van der Waals surface area contributed by atoms with E-state index in [4.69, 9.17) is 24.0 Å². The standard InChI is InChI=1S/C25H26N4O4/c1-4-32-25(30)22-14-19(18-7-5-6-16(2)12-18)27-29(22)23-15-21(28-8-10-31-11-9-28)24-20(26-23)13-17(3)33-24/h5-7,12-15H,4,8-11H2,1-3H3. The van der Waals surface area contributed by atoms with E-state index < -0.39 is 5.97 Å². The molecule has 0 spiro atoms. The number of furan rings is 1. The summed E-state index contributed by atoms with van der Waals surface area (Å²) in [5, 5.41) is 4.77. The second-order valence-electron chi connectivity index (χ2n) is 8.09. The number of nitrogens with zero attached hydrogens (tertiary/aromatic N) is 4. The van der Waals surface area contributed by atoms with Gasteiger partial charge >= 0.3 is 5.97 Å². The Balaban J connectivity index is 1.69. The van der Waals surface area contributed by atoms with Gasteiger partial charge in [0.2, 0.25) is 0 Å². The molecular formula is C25H26N4O4. The number of esters is 1. The average Bonchev–Trinajstić information content (AvgIpc) is 3.42. The Morgan fingerprint density at radius 3 is 2.70 bits per heavy atom. The molecule has 5 rings (SSSR count). The summed E-state index contributed by atoms with van der Waals surface area (Å²) in [5.74, 6) is 0.865. The minimum atomic E-state index is -0.443. The van der Waals surface area contributed by atoms with Crippen molar-refractivity contribution in [1.29, 1.82) is 0 Å². The second-order valence-corrected chi connectivity index (χ2v) is 8.09. The van der Waals surface area contributed by atoms with Gasteiger partial charge in [-0.05, 0) is 32.9 Å². The number of anilines is 1. The first-order valence-corrected chi connectivity index (χ1v) is 11.1. The highest BCUT2D eigenvalue weighted by Crippen LogP contribution is 2.32. The van der Waals surface area contributed by atoms with Gasteiger partial charge in [-0.3, -0.25) is 0 Å². The fraction of sp³-hybridized carbons (Fsp3) is 0.320. The Labute approximate surface area is 191 Å². The highest BCUT2D eigenvalue weighted by Gasteiger charge is 2.23. The summed E-state index contributed by atoms with van der Waals surface area (Å²) in [6.07, 6.45) is 0. The molecule has 4 aromatic rings. The first-order valence-electron chi connectivity index (χ1n) is 11.1. The van der Waals surface area contributed by atoms with Gasteiger partial charge in [0.05, 0.1) is 31.2 Å². The van der Waals surface area contributed by atoms with E-state index in [0.717, 1.165) is 41.2 Å². The molecule has 8 nitrogen and oxygen atoms in total. The third-order valence-electron chi connectivity index (χ3n) is 5.65. The van der Waals surface area contributed by atoms with Crippen molar-refractivity contribution >= 4 is 22.8 Å². The third kappa shape index (κ3) is 4.09. The summed E-state index contributed by atoms with van der Waals surface area (Å²) in [6.45, 7) is 8.77. The van der Waals surface area contributed by atoms with E-state index in [-0.39, 0.29) is 6.61 Å². The zero-order chi connectivity index (χ0) is 22.9. The van der Waals surface area contributed by atoms with Crippen LogP contribution in [0, 0.1) is 13.8 Å². The van der Waals surface area contributed by atoms with E-state index in [0.29, 0.717) is 35.9 Å². The Hall–Kier alpha value is -3.65. The fourth-order valence-electron chi connectivity index (χ4n) is 4.11. The van der Waals surface area contributed by atoms with Crippen molar-refractivity contribution in [2.24, 2.45) is 0 Å². The highest BCUT2D eigenvalue weighted by atomic mass is 16.5. The number of pyridine rings is 1. The summed E-state index contributed by atoms with van der Waals surface area (Å²) in [7, 11) is 0.